The molecule has 1 saturated heterocycles. The van der Waals surface area contributed by atoms with E-state index >= 15 is 0 Å². The van der Waals surface area contributed by atoms with Gasteiger partial charge in [-0.15, -0.1) is 0 Å². The van der Waals surface area contributed by atoms with Crippen LogP contribution in [-0.2, 0) is 15.1 Å². The molecule has 5 nitrogen and oxygen atoms in total. The molecule has 0 aromatic heterocycles. The molecule has 2 N–H and O–H groups in total. The van der Waals surface area contributed by atoms with Crippen molar-refractivity contribution in [3.8, 4) is 0 Å². The van der Waals surface area contributed by atoms with Crippen LogP contribution in [0.4, 0.5) is 0 Å². The van der Waals surface area contributed by atoms with Crippen molar-refractivity contribution >= 4 is 5.91 Å². The molecule has 1 amide bonds. The number of carbonyl (C=O) groups is 1. The van der Waals surface area contributed by atoms with Crippen molar-refractivity contribution in [2.24, 2.45) is 5.73 Å². The molecule has 1 fully saturated rings. The Labute approximate surface area is 133 Å². The lowest BCUT2D eigenvalue weighted by Gasteiger charge is -2.31. The van der Waals surface area contributed by atoms with E-state index < -0.39 is 5.54 Å². The molecule has 5 heteroatoms. The molecule has 0 aliphatic carbocycles. The first kappa shape index (κ1) is 16.9. The summed E-state index contributed by atoms with van der Waals surface area (Å²) < 4.78 is 5.13. The number of benzene rings is 1. The van der Waals surface area contributed by atoms with E-state index in [0.717, 1.165) is 51.3 Å². The zero-order valence-electron chi connectivity index (χ0n) is 13.6. The van der Waals surface area contributed by atoms with Crippen molar-refractivity contribution in [3.05, 3.63) is 35.9 Å². The van der Waals surface area contributed by atoms with Gasteiger partial charge in [0, 0.05) is 33.3 Å². The van der Waals surface area contributed by atoms with E-state index in [1.54, 1.807) is 14.0 Å². The maximum absolute atomic E-state index is 12.9. The minimum Gasteiger partial charge on any atom is -0.383 e. The lowest BCUT2D eigenvalue weighted by atomic mass is 9.91. The summed E-state index contributed by atoms with van der Waals surface area (Å²) in [5.41, 5.74) is 6.25. The molecule has 1 aromatic rings. The van der Waals surface area contributed by atoms with Gasteiger partial charge in [0.1, 0.15) is 5.54 Å². The summed E-state index contributed by atoms with van der Waals surface area (Å²) in [5.74, 6) is 0.00675. The third-order valence-corrected chi connectivity index (χ3v) is 4.31. The fourth-order valence-corrected chi connectivity index (χ4v) is 2.85. The smallest absolute Gasteiger partial charge is 0.247 e. The molecule has 1 unspecified atom stereocenters. The fraction of sp³-hybridized carbons (Fsp3) is 0.588. The number of methoxy groups -OCH3 is 1. The molecule has 0 bridgehead atoms. The van der Waals surface area contributed by atoms with Gasteiger partial charge in [0.15, 0.2) is 0 Å². The minimum absolute atomic E-state index is 0.00675. The maximum Gasteiger partial charge on any atom is 0.247 e. The first-order chi connectivity index (χ1) is 10.6. The van der Waals surface area contributed by atoms with Crippen LogP contribution >= 0.6 is 0 Å². The van der Waals surface area contributed by atoms with Crippen molar-refractivity contribution in [2.75, 3.05) is 46.4 Å². The van der Waals surface area contributed by atoms with Crippen LogP contribution in [0.2, 0.25) is 0 Å². The SMILES string of the molecule is COCCN1CCCN(C(=O)C(C)(N)c2ccccc2)CC1. The molecule has 122 valence electrons. The second kappa shape index (κ2) is 7.72. The van der Waals surface area contributed by atoms with Crippen molar-refractivity contribution in [2.45, 2.75) is 18.9 Å². The lowest BCUT2D eigenvalue weighted by molar-refractivity contribution is -0.136. The van der Waals surface area contributed by atoms with Gasteiger partial charge in [0.05, 0.1) is 6.61 Å². The highest BCUT2D eigenvalue weighted by molar-refractivity contribution is 5.87. The zero-order chi connectivity index (χ0) is 16.0. The van der Waals surface area contributed by atoms with Crippen LogP contribution in [0.5, 0.6) is 0 Å². The van der Waals surface area contributed by atoms with E-state index in [1.165, 1.54) is 0 Å². The molecule has 1 atom stereocenters. The number of rotatable bonds is 5. The average Bonchev–Trinajstić information content (AvgIpc) is 2.78. The Morgan fingerprint density at radius 2 is 1.95 bits per heavy atom. The third-order valence-electron chi connectivity index (χ3n) is 4.31. The van der Waals surface area contributed by atoms with Crippen LogP contribution in [0, 0.1) is 0 Å². The van der Waals surface area contributed by atoms with Gasteiger partial charge >= 0.3 is 0 Å². The van der Waals surface area contributed by atoms with Crippen molar-refractivity contribution in [1.29, 1.82) is 0 Å². The molecular weight excluding hydrogens is 278 g/mol. The highest BCUT2D eigenvalue weighted by Crippen LogP contribution is 2.21. The van der Waals surface area contributed by atoms with Gasteiger partial charge in [-0.2, -0.15) is 0 Å². The quantitative estimate of drug-likeness (QED) is 0.883. The number of amides is 1. The van der Waals surface area contributed by atoms with Gasteiger partial charge in [-0.25, -0.2) is 0 Å². The van der Waals surface area contributed by atoms with E-state index in [-0.39, 0.29) is 5.91 Å². The Hall–Kier alpha value is -1.43. The number of hydrogen-bond acceptors (Lipinski definition) is 4. The molecule has 2 rings (SSSR count). The van der Waals surface area contributed by atoms with Crippen molar-refractivity contribution < 1.29 is 9.53 Å². The molecule has 1 aromatic carbocycles. The minimum atomic E-state index is -0.969. The summed E-state index contributed by atoms with van der Waals surface area (Å²) in [7, 11) is 1.72. The summed E-state index contributed by atoms with van der Waals surface area (Å²) in [6.45, 7) is 6.81. The number of carbonyl (C=O) groups excluding carboxylic acids is 1. The van der Waals surface area contributed by atoms with Crippen LogP contribution in [-0.4, -0.2) is 62.1 Å². The first-order valence-electron chi connectivity index (χ1n) is 7.91. The van der Waals surface area contributed by atoms with Crippen LogP contribution in [0.1, 0.15) is 18.9 Å². The molecular formula is C17H27N3O2. The van der Waals surface area contributed by atoms with Gasteiger partial charge in [-0.1, -0.05) is 30.3 Å². The van der Waals surface area contributed by atoms with Crippen LogP contribution in [0.25, 0.3) is 0 Å². The van der Waals surface area contributed by atoms with E-state index in [1.807, 2.05) is 35.2 Å². The van der Waals surface area contributed by atoms with Crippen LogP contribution < -0.4 is 5.73 Å². The molecule has 1 heterocycles. The average molecular weight is 305 g/mol. The van der Waals surface area contributed by atoms with Gasteiger partial charge in [-0.3, -0.25) is 9.69 Å². The molecule has 0 saturated carbocycles. The first-order valence-corrected chi connectivity index (χ1v) is 7.91. The Bertz CT molecular complexity index is 476. The zero-order valence-corrected chi connectivity index (χ0v) is 13.6. The summed E-state index contributed by atoms with van der Waals surface area (Å²) in [5, 5.41) is 0. The van der Waals surface area contributed by atoms with Crippen molar-refractivity contribution in [1.82, 2.24) is 9.80 Å². The number of nitrogens with zero attached hydrogens (tertiary/aromatic N) is 2. The van der Waals surface area contributed by atoms with E-state index in [0.29, 0.717) is 0 Å². The van der Waals surface area contributed by atoms with Gasteiger partial charge in [0.2, 0.25) is 5.91 Å². The molecule has 0 radical (unpaired) electrons. The van der Waals surface area contributed by atoms with E-state index in [9.17, 15) is 4.79 Å². The van der Waals surface area contributed by atoms with Gasteiger partial charge in [-0.05, 0) is 25.5 Å². The summed E-state index contributed by atoms with van der Waals surface area (Å²) in [4.78, 5) is 17.1. The summed E-state index contributed by atoms with van der Waals surface area (Å²) in [6.07, 6.45) is 0.973. The lowest BCUT2D eigenvalue weighted by Crippen LogP contribution is -2.51. The third kappa shape index (κ3) is 4.06. The Kier molecular flexibility index (Phi) is 5.94. The van der Waals surface area contributed by atoms with E-state index in [4.69, 9.17) is 10.5 Å². The fourth-order valence-electron chi connectivity index (χ4n) is 2.85. The summed E-state index contributed by atoms with van der Waals surface area (Å²) in [6, 6.07) is 9.61. The Morgan fingerprint density at radius 1 is 1.23 bits per heavy atom. The van der Waals surface area contributed by atoms with Crippen LogP contribution in [0.3, 0.4) is 0 Å². The second-order valence-corrected chi connectivity index (χ2v) is 6.05. The van der Waals surface area contributed by atoms with Gasteiger partial charge in [0.25, 0.3) is 0 Å². The second-order valence-electron chi connectivity index (χ2n) is 6.05. The van der Waals surface area contributed by atoms with Crippen molar-refractivity contribution in [3.63, 3.8) is 0 Å². The number of nitrogens with two attached hydrogens (primary N) is 1. The Morgan fingerprint density at radius 3 is 2.64 bits per heavy atom. The predicted octanol–water partition coefficient (Wildman–Crippen LogP) is 1.04. The topological polar surface area (TPSA) is 58.8 Å². The standard InChI is InChI=1S/C17H27N3O2/c1-17(18,15-7-4-3-5-8-15)16(21)20-10-6-9-19(11-12-20)13-14-22-2/h3-5,7-8H,6,9-14,18H2,1-2H3. The molecule has 1 aliphatic heterocycles. The number of hydrogen-bond donors (Lipinski definition) is 1. The van der Waals surface area contributed by atoms with E-state index in [2.05, 4.69) is 4.90 Å². The monoisotopic (exact) mass is 305 g/mol. The molecule has 0 spiro atoms. The largest absolute Gasteiger partial charge is 0.383 e. The van der Waals surface area contributed by atoms with Gasteiger partial charge < -0.3 is 15.4 Å². The maximum atomic E-state index is 12.9. The highest BCUT2D eigenvalue weighted by atomic mass is 16.5. The predicted molar refractivity (Wildman–Crippen MR) is 87.5 cm³/mol. The normalized spacial score (nSPS) is 19.5. The van der Waals surface area contributed by atoms with Crippen LogP contribution in [0.15, 0.2) is 30.3 Å². The highest BCUT2D eigenvalue weighted by Gasteiger charge is 2.34. The molecule has 22 heavy (non-hydrogen) atoms. The summed E-state index contributed by atoms with van der Waals surface area (Å²) >= 11 is 0. The number of ether oxygens (including phenoxy) is 1. The Balaban J connectivity index is 2.00. The molecule has 1 aliphatic rings.